The van der Waals surface area contributed by atoms with Crippen molar-refractivity contribution in [2.75, 3.05) is 13.6 Å². The molecule has 3 nitrogen and oxygen atoms in total. The van der Waals surface area contributed by atoms with Crippen LogP contribution in [0.1, 0.15) is 43.9 Å². The van der Waals surface area contributed by atoms with Gasteiger partial charge < -0.3 is 10.2 Å². The first-order valence-electron chi connectivity index (χ1n) is 7.57. The quantitative estimate of drug-likeness (QED) is 0.919. The molecule has 0 aliphatic carbocycles. The monoisotopic (exact) mass is 274 g/mol. The van der Waals surface area contributed by atoms with Crippen LogP contribution in [-0.2, 0) is 4.79 Å². The molecule has 3 heteroatoms. The number of nitrogens with zero attached hydrogens (tertiary/aromatic N) is 1. The van der Waals surface area contributed by atoms with Gasteiger partial charge in [-0.1, -0.05) is 36.8 Å². The van der Waals surface area contributed by atoms with Crippen molar-refractivity contribution in [1.82, 2.24) is 10.2 Å². The molecule has 0 bridgehead atoms. The van der Waals surface area contributed by atoms with Crippen molar-refractivity contribution < 1.29 is 4.79 Å². The Bertz CT molecular complexity index is 455. The molecule has 3 unspecified atom stereocenters. The molecule has 1 fully saturated rings. The Morgan fingerprint density at radius 3 is 2.60 bits per heavy atom. The standard InChI is InChI=1S/C17H26N2O/c1-12-7-9-15(10-8-12)14(3)19(4)17(20)16-13(2)6-5-11-18-16/h7-10,13-14,16,18H,5-6,11H2,1-4H3. The highest BCUT2D eigenvalue weighted by Crippen LogP contribution is 2.23. The third kappa shape index (κ3) is 3.21. The molecule has 0 spiro atoms. The van der Waals surface area contributed by atoms with Gasteiger partial charge in [0.05, 0.1) is 12.1 Å². The minimum Gasteiger partial charge on any atom is -0.338 e. The highest BCUT2D eigenvalue weighted by molar-refractivity contribution is 5.82. The van der Waals surface area contributed by atoms with Crippen molar-refractivity contribution in [3.8, 4) is 0 Å². The highest BCUT2D eigenvalue weighted by atomic mass is 16.2. The third-order valence-corrected chi connectivity index (χ3v) is 4.52. The molecular formula is C17H26N2O. The number of hydrogen-bond acceptors (Lipinski definition) is 2. The number of nitrogens with one attached hydrogen (secondary N) is 1. The Balaban J connectivity index is 2.07. The van der Waals surface area contributed by atoms with Crippen molar-refractivity contribution >= 4 is 5.91 Å². The molecule has 1 aromatic carbocycles. The molecule has 2 rings (SSSR count). The molecule has 1 N–H and O–H groups in total. The van der Waals surface area contributed by atoms with Crippen LogP contribution in [0.5, 0.6) is 0 Å². The number of hydrogen-bond donors (Lipinski definition) is 1. The third-order valence-electron chi connectivity index (χ3n) is 4.52. The average molecular weight is 274 g/mol. The van der Waals surface area contributed by atoms with Crippen LogP contribution in [0.15, 0.2) is 24.3 Å². The maximum absolute atomic E-state index is 12.7. The lowest BCUT2D eigenvalue weighted by Gasteiger charge is -2.35. The average Bonchev–Trinajstić information content (AvgIpc) is 2.46. The van der Waals surface area contributed by atoms with Crippen LogP contribution >= 0.6 is 0 Å². The number of piperidine rings is 1. The minimum atomic E-state index is -0.0263. The molecule has 0 radical (unpaired) electrons. The van der Waals surface area contributed by atoms with E-state index in [9.17, 15) is 4.79 Å². The molecule has 1 amide bonds. The van der Waals surface area contributed by atoms with Crippen molar-refractivity contribution in [3.05, 3.63) is 35.4 Å². The fraction of sp³-hybridized carbons (Fsp3) is 0.588. The summed E-state index contributed by atoms with van der Waals surface area (Å²) in [4.78, 5) is 14.5. The van der Waals surface area contributed by atoms with Crippen molar-refractivity contribution in [2.24, 2.45) is 5.92 Å². The summed E-state index contributed by atoms with van der Waals surface area (Å²) in [5.74, 6) is 0.634. The molecule has 1 aromatic rings. The van der Waals surface area contributed by atoms with Crippen molar-refractivity contribution in [3.63, 3.8) is 0 Å². The van der Waals surface area contributed by atoms with Gasteiger partial charge in [-0.15, -0.1) is 0 Å². The summed E-state index contributed by atoms with van der Waals surface area (Å²) in [5.41, 5.74) is 2.44. The van der Waals surface area contributed by atoms with Gasteiger partial charge >= 0.3 is 0 Å². The normalized spacial score (nSPS) is 24.2. The molecule has 1 aliphatic rings. The zero-order valence-corrected chi connectivity index (χ0v) is 13.0. The van der Waals surface area contributed by atoms with Crippen molar-refractivity contribution in [1.29, 1.82) is 0 Å². The number of carbonyl (C=O) groups excluding carboxylic acids is 1. The summed E-state index contributed by atoms with van der Waals surface area (Å²) in [7, 11) is 1.91. The van der Waals surface area contributed by atoms with Gasteiger partial charge in [0.15, 0.2) is 0 Å². The van der Waals surface area contributed by atoms with Crippen LogP contribution in [-0.4, -0.2) is 30.4 Å². The predicted molar refractivity (Wildman–Crippen MR) is 82.6 cm³/mol. The summed E-state index contributed by atoms with van der Waals surface area (Å²) in [5, 5.41) is 3.37. The summed E-state index contributed by atoms with van der Waals surface area (Å²) in [6.45, 7) is 7.29. The second-order valence-electron chi connectivity index (χ2n) is 6.09. The Morgan fingerprint density at radius 1 is 1.35 bits per heavy atom. The lowest BCUT2D eigenvalue weighted by molar-refractivity contribution is -0.135. The molecule has 1 aliphatic heterocycles. The first kappa shape index (κ1) is 15.0. The van der Waals surface area contributed by atoms with E-state index in [1.807, 2.05) is 11.9 Å². The van der Waals surface area contributed by atoms with E-state index in [0.29, 0.717) is 5.92 Å². The summed E-state index contributed by atoms with van der Waals surface area (Å²) in [6.07, 6.45) is 2.30. The van der Waals surface area contributed by atoms with Crippen molar-refractivity contribution in [2.45, 2.75) is 45.7 Å². The first-order valence-corrected chi connectivity index (χ1v) is 7.57. The molecule has 1 saturated heterocycles. The first-order chi connectivity index (χ1) is 9.50. The Kier molecular flexibility index (Phi) is 4.81. The van der Waals surface area contributed by atoms with Gasteiger partial charge in [-0.3, -0.25) is 4.79 Å². The summed E-state index contributed by atoms with van der Waals surface area (Å²) >= 11 is 0. The van der Waals surface area contributed by atoms with E-state index in [4.69, 9.17) is 0 Å². The van der Waals surface area contributed by atoms with Gasteiger partial charge in [-0.25, -0.2) is 0 Å². The van der Waals surface area contributed by atoms with E-state index < -0.39 is 0 Å². The van der Waals surface area contributed by atoms with E-state index >= 15 is 0 Å². The summed E-state index contributed by atoms with van der Waals surface area (Å²) < 4.78 is 0. The molecular weight excluding hydrogens is 248 g/mol. The number of carbonyl (C=O) groups is 1. The topological polar surface area (TPSA) is 32.3 Å². The van der Waals surface area contributed by atoms with Crippen LogP contribution in [0.25, 0.3) is 0 Å². The van der Waals surface area contributed by atoms with Crippen LogP contribution < -0.4 is 5.32 Å². The zero-order valence-electron chi connectivity index (χ0n) is 13.0. The number of amides is 1. The fourth-order valence-corrected chi connectivity index (χ4v) is 2.86. The smallest absolute Gasteiger partial charge is 0.240 e. The number of rotatable bonds is 3. The zero-order chi connectivity index (χ0) is 14.7. The van der Waals surface area contributed by atoms with Crippen LogP contribution in [0.2, 0.25) is 0 Å². The maximum atomic E-state index is 12.7. The van der Waals surface area contributed by atoms with Gasteiger partial charge in [-0.05, 0) is 44.7 Å². The second-order valence-corrected chi connectivity index (χ2v) is 6.09. The SMILES string of the molecule is Cc1ccc(C(C)N(C)C(=O)C2NCCCC2C)cc1. The highest BCUT2D eigenvalue weighted by Gasteiger charge is 2.31. The largest absolute Gasteiger partial charge is 0.338 e. The lowest BCUT2D eigenvalue weighted by Crippen LogP contribution is -2.51. The summed E-state index contributed by atoms with van der Waals surface area (Å²) in [6, 6.07) is 8.51. The Labute approximate surface area is 122 Å². The number of likely N-dealkylation sites (N-methyl/N-ethyl adjacent to an activating group) is 1. The maximum Gasteiger partial charge on any atom is 0.240 e. The van der Waals surface area contributed by atoms with Gasteiger partial charge in [0.2, 0.25) is 5.91 Å². The minimum absolute atomic E-state index is 0.0263. The molecule has 3 atom stereocenters. The Hall–Kier alpha value is -1.35. The number of aryl methyl sites for hydroxylation is 1. The van der Waals surface area contributed by atoms with Crippen LogP contribution in [0.4, 0.5) is 0 Å². The van der Waals surface area contributed by atoms with E-state index in [2.05, 4.69) is 50.4 Å². The predicted octanol–water partition coefficient (Wildman–Crippen LogP) is 2.90. The molecule has 20 heavy (non-hydrogen) atoms. The van der Waals surface area contributed by atoms with Gasteiger partial charge in [0, 0.05) is 7.05 Å². The van der Waals surface area contributed by atoms with Gasteiger partial charge in [0.1, 0.15) is 0 Å². The fourth-order valence-electron chi connectivity index (χ4n) is 2.86. The Morgan fingerprint density at radius 2 is 2.00 bits per heavy atom. The molecule has 0 saturated carbocycles. The molecule has 0 aromatic heterocycles. The van der Waals surface area contributed by atoms with Gasteiger partial charge in [0.25, 0.3) is 0 Å². The van der Waals surface area contributed by atoms with Crippen LogP contribution in [0, 0.1) is 12.8 Å². The molecule has 110 valence electrons. The van der Waals surface area contributed by atoms with Crippen LogP contribution in [0.3, 0.4) is 0 Å². The second kappa shape index (κ2) is 6.40. The van der Waals surface area contributed by atoms with E-state index in [1.54, 1.807) is 0 Å². The lowest BCUT2D eigenvalue weighted by atomic mass is 9.91. The molecule has 1 heterocycles. The number of benzene rings is 1. The van der Waals surface area contributed by atoms with E-state index in [1.165, 1.54) is 17.5 Å². The van der Waals surface area contributed by atoms with Gasteiger partial charge in [-0.2, -0.15) is 0 Å². The van der Waals surface area contributed by atoms with E-state index in [-0.39, 0.29) is 18.0 Å². The van der Waals surface area contributed by atoms with E-state index in [0.717, 1.165) is 13.0 Å².